The standard InChI is InChI=1S/C27H35FN2O4/c1-6-25-16(2)17(3)26(30-19(5)32)27(34-25)33-23-11-10-20(12-13-29-18(4)31)24(15-23)21-8-7-9-22(28)14-21/h7-11,14-17,25-27H,6,12-13H2,1-5H3,(H,29,31)(H,30,32)/t16-,17-,25+,26+,27?/m0/s1. The van der Waals surface area contributed by atoms with Gasteiger partial charge in [-0.05, 0) is 65.6 Å². The van der Waals surface area contributed by atoms with Crippen molar-refractivity contribution < 1.29 is 23.5 Å². The van der Waals surface area contributed by atoms with Gasteiger partial charge in [0.05, 0.1) is 12.1 Å². The number of amides is 2. The number of ether oxygens (including phenoxy) is 2. The minimum absolute atomic E-state index is 0.0182. The molecule has 1 heterocycles. The summed E-state index contributed by atoms with van der Waals surface area (Å²) in [5, 5.41) is 5.81. The SMILES string of the molecule is CC[C@H]1OC(Oc2ccc(CCNC(C)=O)c(-c3cccc(F)c3)c2)[C@H](NC(C)=O)[C@@H](C)[C@@H]1C. The number of hydrogen-bond acceptors (Lipinski definition) is 4. The van der Waals surface area contributed by atoms with Crippen molar-refractivity contribution in [3.8, 4) is 16.9 Å². The van der Waals surface area contributed by atoms with Gasteiger partial charge < -0.3 is 20.1 Å². The average molecular weight is 471 g/mol. The van der Waals surface area contributed by atoms with Crippen molar-refractivity contribution in [2.45, 2.75) is 65.9 Å². The highest BCUT2D eigenvalue weighted by Gasteiger charge is 2.42. The largest absolute Gasteiger partial charge is 0.463 e. The molecule has 0 radical (unpaired) electrons. The molecule has 7 heteroatoms. The van der Waals surface area contributed by atoms with E-state index >= 15 is 0 Å². The Bertz CT molecular complexity index is 1010. The van der Waals surface area contributed by atoms with Crippen molar-refractivity contribution in [2.24, 2.45) is 11.8 Å². The van der Waals surface area contributed by atoms with Gasteiger partial charge in [0.15, 0.2) is 0 Å². The molecule has 0 aliphatic carbocycles. The van der Waals surface area contributed by atoms with Crippen LogP contribution in [0.15, 0.2) is 42.5 Å². The summed E-state index contributed by atoms with van der Waals surface area (Å²) < 4.78 is 26.6. The van der Waals surface area contributed by atoms with Gasteiger partial charge in [0, 0.05) is 20.4 Å². The van der Waals surface area contributed by atoms with Crippen LogP contribution in [0.2, 0.25) is 0 Å². The molecule has 5 atom stereocenters. The van der Waals surface area contributed by atoms with Crippen LogP contribution in [0.1, 0.15) is 46.6 Å². The summed E-state index contributed by atoms with van der Waals surface area (Å²) in [7, 11) is 0. The van der Waals surface area contributed by atoms with Crippen LogP contribution in [-0.2, 0) is 20.7 Å². The molecule has 2 aromatic rings. The fourth-order valence-electron chi connectivity index (χ4n) is 4.58. The zero-order valence-electron chi connectivity index (χ0n) is 20.6. The van der Waals surface area contributed by atoms with Gasteiger partial charge >= 0.3 is 0 Å². The summed E-state index contributed by atoms with van der Waals surface area (Å²) in [6, 6.07) is 11.8. The third kappa shape index (κ3) is 6.35. The minimum atomic E-state index is -0.648. The summed E-state index contributed by atoms with van der Waals surface area (Å²) in [5.74, 6) is 0.434. The molecular weight excluding hydrogens is 435 g/mol. The van der Waals surface area contributed by atoms with Crippen LogP contribution < -0.4 is 15.4 Å². The molecule has 3 rings (SSSR count). The highest BCUT2D eigenvalue weighted by molar-refractivity contribution is 5.74. The number of benzene rings is 2. The summed E-state index contributed by atoms with van der Waals surface area (Å²) >= 11 is 0. The molecular formula is C27H35FN2O4. The van der Waals surface area contributed by atoms with Crippen molar-refractivity contribution in [1.82, 2.24) is 10.6 Å². The lowest BCUT2D eigenvalue weighted by molar-refractivity contribution is -0.200. The molecule has 1 fully saturated rings. The maximum Gasteiger partial charge on any atom is 0.220 e. The normalized spacial score (nSPS) is 24.4. The summed E-state index contributed by atoms with van der Waals surface area (Å²) in [4.78, 5) is 23.2. The van der Waals surface area contributed by atoms with E-state index in [1.807, 2.05) is 24.3 Å². The lowest BCUT2D eigenvalue weighted by Gasteiger charge is -2.44. The molecule has 2 aromatic carbocycles. The average Bonchev–Trinajstić information content (AvgIpc) is 2.79. The van der Waals surface area contributed by atoms with Crippen molar-refractivity contribution >= 4 is 11.8 Å². The van der Waals surface area contributed by atoms with Gasteiger partial charge in [-0.2, -0.15) is 0 Å². The first kappa shape index (κ1) is 25.7. The second-order valence-corrected chi connectivity index (χ2v) is 9.08. The molecule has 1 unspecified atom stereocenters. The van der Waals surface area contributed by atoms with Crippen LogP contribution >= 0.6 is 0 Å². The summed E-state index contributed by atoms with van der Waals surface area (Å²) in [6.07, 6.45) is 0.803. The van der Waals surface area contributed by atoms with E-state index in [9.17, 15) is 14.0 Å². The first-order chi connectivity index (χ1) is 16.2. The van der Waals surface area contributed by atoms with E-state index in [1.54, 1.807) is 6.07 Å². The fraction of sp³-hybridized carbons (Fsp3) is 0.481. The number of rotatable bonds is 8. The first-order valence-corrected chi connectivity index (χ1v) is 11.9. The molecule has 1 saturated heterocycles. The van der Waals surface area contributed by atoms with Gasteiger partial charge in [-0.3, -0.25) is 9.59 Å². The van der Waals surface area contributed by atoms with E-state index in [0.717, 1.165) is 23.1 Å². The molecule has 0 spiro atoms. The fourth-order valence-corrected chi connectivity index (χ4v) is 4.58. The highest BCUT2D eigenvalue weighted by Crippen LogP contribution is 2.35. The lowest BCUT2D eigenvalue weighted by atomic mass is 9.81. The molecule has 6 nitrogen and oxygen atoms in total. The van der Waals surface area contributed by atoms with Crippen LogP contribution in [0.5, 0.6) is 5.75 Å². The molecule has 2 amide bonds. The molecule has 0 saturated carbocycles. The molecule has 184 valence electrons. The predicted octanol–water partition coefficient (Wildman–Crippen LogP) is 4.46. The Kier molecular flexibility index (Phi) is 8.67. The van der Waals surface area contributed by atoms with Gasteiger partial charge in [0.2, 0.25) is 18.1 Å². The second kappa shape index (κ2) is 11.5. The third-order valence-corrected chi connectivity index (χ3v) is 6.59. The van der Waals surface area contributed by atoms with E-state index in [1.165, 1.54) is 26.0 Å². The minimum Gasteiger partial charge on any atom is -0.463 e. The van der Waals surface area contributed by atoms with Gasteiger partial charge in [0.25, 0.3) is 0 Å². The third-order valence-electron chi connectivity index (χ3n) is 6.59. The molecule has 34 heavy (non-hydrogen) atoms. The molecule has 2 N–H and O–H groups in total. The Hall–Kier alpha value is -2.93. The van der Waals surface area contributed by atoms with E-state index in [2.05, 4.69) is 31.4 Å². The second-order valence-electron chi connectivity index (χ2n) is 9.08. The van der Waals surface area contributed by atoms with Crippen LogP contribution in [-0.4, -0.2) is 36.8 Å². The van der Waals surface area contributed by atoms with Gasteiger partial charge in [0.1, 0.15) is 11.6 Å². The Balaban J connectivity index is 1.92. The Morgan fingerprint density at radius 3 is 2.47 bits per heavy atom. The van der Waals surface area contributed by atoms with Crippen molar-refractivity contribution in [3.05, 3.63) is 53.8 Å². The van der Waals surface area contributed by atoms with Crippen LogP contribution in [0, 0.1) is 17.7 Å². The molecule has 1 aliphatic rings. The Morgan fingerprint density at radius 1 is 1.06 bits per heavy atom. The van der Waals surface area contributed by atoms with Crippen molar-refractivity contribution in [2.75, 3.05) is 6.54 Å². The molecule has 0 bridgehead atoms. The van der Waals surface area contributed by atoms with Crippen LogP contribution in [0.3, 0.4) is 0 Å². The smallest absolute Gasteiger partial charge is 0.220 e. The summed E-state index contributed by atoms with van der Waals surface area (Å²) in [5.41, 5.74) is 2.51. The van der Waals surface area contributed by atoms with Gasteiger partial charge in [-0.15, -0.1) is 0 Å². The van der Waals surface area contributed by atoms with Crippen LogP contribution in [0.4, 0.5) is 4.39 Å². The van der Waals surface area contributed by atoms with Crippen molar-refractivity contribution in [1.29, 1.82) is 0 Å². The van der Waals surface area contributed by atoms with E-state index in [4.69, 9.17) is 9.47 Å². The van der Waals surface area contributed by atoms with E-state index in [0.29, 0.717) is 18.7 Å². The number of halogens is 1. The zero-order chi connectivity index (χ0) is 24.8. The van der Waals surface area contributed by atoms with Crippen molar-refractivity contribution in [3.63, 3.8) is 0 Å². The van der Waals surface area contributed by atoms with E-state index in [-0.39, 0.29) is 41.6 Å². The van der Waals surface area contributed by atoms with Gasteiger partial charge in [-0.1, -0.05) is 39.0 Å². The van der Waals surface area contributed by atoms with E-state index < -0.39 is 6.29 Å². The highest BCUT2D eigenvalue weighted by atomic mass is 19.1. The zero-order valence-corrected chi connectivity index (χ0v) is 20.6. The maximum absolute atomic E-state index is 14.0. The van der Waals surface area contributed by atoms with Crippen LogP contribution in [0.25, 0.3) is 11.1 Å². The maximum atomic E-state index is 14.0. The van der Waals surface area contributed by atoms with Gasteiger partial charge in [-0.25, -0.2) is 4.39 Å². The topological polar surface area (TPSA) is 76.7 Å². The first-order valence-electron chi connectivity index (χ1n) is 11.9. The number of carbonyl (C=O) groups excluding carboxylic acids is 2. The summed E-state index contributed by atoms with van der Waals surface area (Å²) in [6.45, 7) is 9.76. The molecule has 1 aliphatic heterocycles. The number of carbonyl (C=O) groups is 2. The Labute approximate surface area is 201 Å². The lowest BCUT2D eigenvalue weighted by Crippen LogP contribution is -2.58. The molecule has 0 aromatic heterocycles. The predicted molar refractivity (Wildman–Crippen MR) is 130 cm³/mol. The number of hydrogen-bond donors (Lipinski definition) is 2. The number of nitrogens with one attached hydrogen (secondary N) is 2. The monoisotopic (exact) mass is 470 g/mol. The quantitative estimate of drug-likeness (QED) is 0.597. The Morgan fingerprint density at radius 2 is 1.82 bits per heavy atom.